The van der Waals surface area contributed by atoms with Gasteiger partial charge in [-0.15, -0.1) is 0 Å². The van der Waals surface area contributed by atoms with Gasteiger partial charge in [-0.1, -0.05) is 186 Å². The van der Waals surface area contributed by atoms with Crippen molar-refractivity contribution in [3.63, 3.8) is 0 Å². The third kappa shape index (κ3) is 46.0. The normalized spacial score (nSPS) is 13.6. The highest BCUT2D eigenvalue weighted by molar-refractivity contribution is 7.47. The summed E-state index contributed by atoms with van der Waals surface area (Å²) in [7, 11) is 1.48. The van der Waals surface area contributed by atoms with Gasteiger partial charge in [0.2, 0.25) is 0 Å². The molecule has 9 nitrogen and oxygen atoms in total. The SMILES string of the molecule is CCCC/C=C\CCCCCCCC(=O)OCC(COP(=O)(O)OCC[N+](C)(C)C)OC(=O)CCCCCCCCCCCCCCC/C=C\CCCCCCCCCC. The van der Waals surface area contributed by atoms with Gasteiger partial charge in [-0.2, -0.15) is 0 Å². The summed E-state index contributed by atoms with van der Waals surface area (Å²) in [5, 5.41) is 0. The Hall–Kier alpha value is -1.51. The van der Waals surface area contributed by atoms with Crippen LogP contribution in [-0.4, -0.2) is 74.9 Å². The molecule has 0 aliphatic rings. The van der Waals surface area contributed by atoms with Gasteiger partial charge in [-0.05, 0) is 57.8 Å². The second kappa shape index (κ2) is 42.8. The molecular formula is C50H97NO8P+. The van der Waals surface area contributed by atoms with E-state index in [-0.39, 0.29) is 32.0 Å². The molecule has 0 heterocycles. The van der Waals surface area contributed by atoms with Crippen molar-refractivity contribution in [1.82, 2.24) is 0 Å². The lowest BCUT2D eigenvalue weighted by Gasteiger charge is -2.24. The van der Waals surface area contributed by atoms with Gasteiger partial charge in [0.1, 0.15) is 19.8 Å². The Morgan fingerprint density at radius 3 is 1.28 bits per heavy atom. The van der Waals surface area contributed by atoms with Crippen LogP contribution in [0.5, 0.6) is 0 Å². The number of nitrogens with zero attached hydrogens (tertiary/aromatic N) is 1. The van der Waals surface area contributed by atoms with E-state index >= 15 is 0 Å². The largest absolute Gasteiger partial charge is 0.472 e. The van der Waals surface area contributed by atoms with E-state index < -0.39 is 26.5 Å². The third-order valence-corrected chi connectivity index (χ3v) is 11.9. The van der Waals surface area contributed by atoms with E-state index in [4.69, 9.17) is 18.5 Å². The van der Waals surface area contributed by atoms with Crippen molar-refractivity contribution in [2.75, 3.05) is 47.5 Å². The minimum Gasteiger partial charge on any atom is -0.462 e. The van der Waals surface area contributed by atoms with E-state index in [2.05, 4.69) is 38.2 Å². The maximum absolute atomic E-state index is 12.7. The summed E-state index contributed by atoms with van der Waals surface area (Å²) in [6, 6.07) is 0. The summed E-state index contributed by atoms with van der Waals surface area (Å²) in [5.41, 5.74) is 0. The predicted octanol–water partition coefficient (Wildman–Crippen LogP) is 14.7. The topological polar surface area (TPSA) is 108 Å². The van der Waals surface area contributed by atoms with Crippen molar-refractivity contribution >= 4 is 19.8 Å². The standard InChI is InChI=1S/C50H96NO8P/c1-6-8-10-12-14-16-18-19-20-21-22-23-24-25-26-27-28-29-30-31-33-35-37-39-41-43-50(53)59-48(47-58-60(54,55)57-45-44-51(3,4)5)46-56-49(52)42-40-38-36-34-32-17-15-13-11-9-7-2/h13,15,21-22,48H,6-12,14,16-20,23-47H2,1-5H3/p+1/b15-13-,22-21-. The summed E-state index contributed by atoms with van der Waals surface area (Å²) in [5.74, 6) is -0.802. The van der Waals surface area contributed by atoms with E-state index in [1.165, 1.54) is 141 Å². The van der Waals surface area contributed by atoms with Crippen LogP contribution >= 0.6 is 7.82 Å². The summed E-state index contributed by atoms with van der Waals surface area (Å²) in [6.45, 7) is 4.40. The Labute approximate surface area is 370 Å². The number of unbranched alkanes of at least 4 members (excludes halogenated alkanes) is 28. The van der Waals surface area contributed by atoms with Gasteiger partial charge in [-0.3, -0.25) is 18.6 Å². The lowest BCUT2D eigenvalue weighted by molar-refractivity contribution is -0.870. The summed E-state index contributed by atoms with van der Waals surface area (Å²) >= 11 is 0. The lowest BCUT2D eigenvalue weighted by atomic mass is 10.0. The van der Waals surface area contributed by atoms with Crippen molar-refractivity contribution in [1.29, 1.82) is 0 Å². The number of phosphoric ester groups is 1. The fourth-order valence-electron chi connectivity index (χ4n) is 6.99. The Kier molecular flexibility index (Phi) is 41.7. The molecule has 60 heavy (non-hydrogen) atoms. The average molecular weight is 871 g/mol. The molecule has 0 aliphatic heterocycles. The maximum atomic E-state index is 12.7. The smallest absolute Gasteiger partial charge is 0.462 e. The van der Waals surface area contributed by atoms with Crippen LogP contribution in [0.25, 0.3) is 0 Å². The van der Waals surface area contributed by atoms with Crippen LogP contribution in [-0.2, 0) is 32.7 Å². The minimum absolute atomic E-state index is 0.0320. The zero-order chi connectivity index (χ0) is 44.3. The van der Waals surface area contributed by atoms with Crippen molar-refractivity contribution in [2.24, 2.45) is 0 Å². The number of quaternary nitrogens is 1. The first-order valence-electron chi connectivity index (χ1n) is 25.1. The van der Waals surface area contributed by atoms with E-state index in [0.717, 1.165) is 57.8 Å². The Morgan fingerprint density at radius 1 is 0.500 bits per heavy atom. The van der Waals surface area contributed by atoms with Crippen LogP contribution in [0, 0.1) is 0 Å². The van der Waals surface area contributed by atoms with Gasteiger partial charge in [0, 0.05) is 12.8 Å². The Bertz CT molecular complexity index is 1070. The molecule has 0 radical (unpaired) electrons. The summed E-state index contributed by atoms with van der Waals surface area (Å²) < 4.78 is 34.4. The first kappa shape index (κ1) is 58.5. The second-order valence-corrected chi connectivity index (χ2v) is 19.6. The van der Waals surface area contributed by atoms with E-state index in [0.29, 0.717) is 17.4 Å². The fourth-order valence-corrected chi connectivity index (χ4v) is 7.73. The molecule has 0 aliphatic carbocycles. The van der Waals surface area contributed by atoms with Gasteiger partial charge in [0.15, 0.2) is 6.10 Å². The highest BCUT2D eigenvalue weighted by atomic mass is 31.2. The number of carbonyl (C=O) groups excluding carboxylic acids is 2. The number of allylic oxidation sites excluding steroid dienone is 4. The van der Waals surface area contributed by atoms with E-state index in [1.54, 1.807) is 0 Å². The van der Waals surface area contributed by atoms with Crippen molar-refractivity contribution in [3.05, 3.63) is 24.3 Å². The van der Waals surface area contributed by atoms with Crippen LogP contribution in [0.4, 0.5) is 0 Å². The van der Waals surface area contributed by atoms with E-state index in [9.17, 15) is 19.0 Å². The van der Waals surface area contributed by atoms with Crippen molar-refractivity contribution in [2.45, 2.75) is 238 Å². The van der Waals surface area contributed by atoms with E-state index in [1.807, 2.05) is 21.1 Å². The molecule has 10 heteroatoms. The number of esters is 2. The van der Waals surface area contributed by atoms with Gasteiger partial charge in [0.05, 0.1) is 27.7 Å². The number of hydrogen-bond acceptors (Lipinski definition) is 7. The molecule has 0 saturated carbocycles. The number of carbonyl (C=O) groups is 2. The molecule has 0 aromatic rings. The highest BCUT2D eigenvalue weighted by Crippen LogP contribution is 2.43. The summed E-state index contributed by atoms with van der Waals surface area (Å²) in [6.07, 6.45) is 48.1. The molecule has 0 aromatic carbocycles. The van der Waals surface area contributed by atoms with Crippen molar-refractivity contribution < 1.29 is 42.1 Å². The van der Waals surface area contributed by atoms with Crippen LogP contribution in [0.15, 0.2) is 24.3 Å². The quantitative estimate of drug-likeness (QED) is 0.0212. The van der Waals surface area contributed by atoms with Crippen molar-refractivity contribution in [3.8, 4) is 0 Å². The number of likely N-dealkylation sites (N-methyl/N-ethyl adjacent to an activating group) is 1. The van der Waals surface area contributed by atoms with Crippen LogP contribution in [0.1, 0.15) is 232 Å². The molecule has 0 aromatic heterocycles. The number of rotatable bonds is 46. The molecule has 0 amide bonds. The molecule has 354 valence electrons. The first-order chi connectivity index (χ1) is 29.0. The molecule has 0 rings (SSSR count). The van der Waals surface area contributed by atoms with Crippen LogP contribution in [0.2, 0.25) is 0 Å². The van der Waals surface area contributed by atoms with Gasteiger partial charge < -0.3 is 18.9 Å². The fraction of sp³-hybridized carbons (Fsp3) is 0.880. The molecule has 0 spiro atoms. The molecular weight excluding hydrogens is 774 g/mol. The van der Waals surface area contributed by atoms with Crippen LogP contribution < -0.4 is 0 Å². The predicted molar refractivity (Wildman–Crippen MR) is 252 cm³/mol. The summed E-state index contributed by atoms with van der Waals surface area (Å²) in [4.78, 5) is 35.4. The lowest BCUT2D eigenvalue weighted by Crippen LogP contribution is -2.37. The van der Waals surface area contributed by atoms with Gasteiger partial charge in [0.25, 0.3) is 0 Å². The van der Waals surface area contributed by atoms with Gasteiger partial charge in [-0.25, -0.2) is 4.57 Å². The number of hydrogen-bond donors (Lipinski definition) is 1. The molecule has 2 unspecified atom stereocenters. The average Bonchev–Trinajstić information content (AvgIpc) is 3.20. The molecule has 0 bridgehead atoms. The Balaban J connectivity index is 4.14. The molecule has 2 atom stereocenters. The number of phosphoric acid groups is 1. The third-order valence-electron chi connectivity index (χ3n) is 11.0. The zero-order valence-corrected chi connectivity index (χ0v) is 40.9. The molecule has 1 N–H and O–H groups in total. The monoisotopic (exact) mass is 871 g/mol. The minimum atomic E-state index is -4.37. The Morgan fingerprint density at radius 2 is 0.867 bits per heavy atom. The van der Waals surface area contributed by atoms with Crippen LogP contribution in [0.3, 0.4) is 0 Å². The van der Waals surface area contributed by atoms with Gasteiger partial charge >= 0.3 is 19.8 Å². The molecule has 0 fully saturated rings. The first-order valence-corrected chi connectivity index (χ1v) is 26.6. The zero-order valence-electron chi connectivity index (χ0n) is 40.0. The number of ether oxygens (including phenoxy) is 2. The highest BCUT2D eigenvalue weighted by Gasteiger charge is 2.27. The molecule has 0 saturated heterocycles. The maximum Gasteiger partial charge on any atom is 0.472 e. The second-order valence-electron chi connectivity index (χ2n) is 18.2.